The van der Waals surface area contributed by atoms with E-state index in [-0.39, 0.29) is 10.9 Å². The summed E-state index contributed by atoms with van der Waals surface area (Å²) in [7, 11) is -4.54. The Kier molecular flexibility index (Phi) is 3.85. The molecule has 1 aromatic heterocycles. The summed E-state index contributed by atoms with van der Waals surface area (Å²) in [6.07, 6.45) is -4.89. The standard InChI is InChI=1S/C10H7ClF3N3O3S/c1-5-15-9(16-20-5)17-21(18,19)8-3-2-6(11)4-7(8)10(12,13)14/h2-4H,1H3,(H,16,17). The van der Waals surface area contributed by atoms with E-state index in [1.807, 2.05) is 0 Å². The second-order valence-electron chi connectivity index (χ2n) is 3.88. The van der Waals surface area contributed by atoms with Crippen LogP contribution in [0.5, 0.6) is 0 Å². The van der Waals surface area contributed by atoms with E-state index < -0.39 is 32.6 Å². The van der Waals surface area contributed by atoms with Crippen molar-refractivity contribution in [3.8, 4) is 0 Å². The first-order valence-corrected chi connectivity index (χ1v) is 7.15. The van der Waals surface area contributed by atoms with E-state index in [1.165, 1.54) is 6.92 Å². The summed E-state index contributed by atoms with van der Waals surface area (Å²) in [5.74, 6) is -0.407. The van der Waals surface area contributed by atoms with Gasteiger partial charge in [-0.1, -0.05) is 11.6 Å². The highest BCUT2D eigenvalue weighted by molar-refractivity contribution is 7.92. The van der Waals surface area contributed by atoms with Crippen molar-refractivity contribution in [2.75, 3.05) is 4.72 Å². The number of halogens is 4. The van der Waals surface area contributed by atoms with Crippen LogP contribution in [0.3, 0.4) is 0 Å². The molecule has 0 atom stereocenters. The van der Waals surface area contributed by atoms with Crippen molar-refractivity contribution < 1.29 is 26.1 Å². The van der Waals surface area contributed by atoms with Crippen LogP contribution in [0.25, 0.3) is 0 Å². The van der Waals surface area contributed by atoms with Crippen molar-refractivity contribution in [2.24, 2.45) is 0 Å². The Morgan fingerprint density at radius 2 is 2.00 bits per heavy atom. The predicted octanol–water partition coefficient (Wildman–Crippen LogP) is 2.85. The zero-order valence-corrected chi connectivity index (χ0v) is 11.8. The molecule has 21 heavy (non-hydrogen) atoms. The highest BCUT2D eigenvalue weighted by Gasteiger charge is 2.37. The highest BCUT2D eigenvalue weighted by Crippen LogP contribution is 2.36. The maximum atomic E-state index is 12.9. The Hall–Kier alpha value is -1.81. The summed E-state index contributed by atoms with van der Waals surface area (Å²) in [6, 6.07) is 2.31. The molecular formula is C10H7ClF3N3O3S. The van der Waals surface area contributed by atoms with Gasteiger partial charge in [-0.2, -0.15) is 18.2 Å². The SMILES string of the molecule is Cc1nc(NS(=O)(=O)c2ccc(Cl)cc2C(F)(F)F)no1. The Balaban J connectivity index is 2.50. The van der Waals surface area contributed by atoms with Crippen molar-refractivity contribution in [1.29, 1.82) is 0 Å². The number of hydrogen-bond acceptors (Lipinski definition) is 5. The average molecular weight is 342 g/mol. The van der Waals surface area contributed by atoms with E-state index in [0.717, 1.165) is 12.1 Å². The molecule has 0 aliphatic rings. The fourth-order valence-electron chi connectivity index (χ4n) is 1.47. The summed E-state index contributed by atoms with van der Waals surface area (Å²) in [4.78, 5) is 2.57. The quantitative estimate of drug-likeness (QED) is 0.927. The lowest BCUT2D eigenvalue weighted by molar-refractivity contribution is -0.139. The fraction of sp³-hybridized carbons (Fsp3) is 0.200. The first-order chi connectivity index (χ1) is 9.59. The molecule has 114 valence electrons. The molecule has 0 aliphatic carbocycles. The molecule has 0 fully saturated rings. The molecule has 11 heteroatoms. The van der Waals surface area contributed by atoms with Crippen molar-refractivity contribution in [2.45, 2.75) is 18.0 Å². The van der Waals surface area contributed by atoms with Gasteiger partial charge in [0.25, 0.3) is 16.0 Å². The zero-order valence-electron chi connectivity index (χ0n) is 10.3. The fourth-order valence-corrected chi connectivity index (χ4v) is 2.79. The van der Waals surface area contributed by atoms with E-state index in [2.05, 4.69) is 14.7 Å². The van der Waals surface area contributed by atoms with Gasteiger partial charge in [-0.25, -0.2) is 13.1 Å². The topological polar surface area (TPSA) is 85.1 Å². The van der Waals surface area contributed by atoms with Gasteiger partial charge in [-0.15, -0.1) is 0 Å². The molecule has 0 amide bonds. The number of alkyl halides is 3. The van der Waals surface area contributed by atoms with Gasteiger partial charge in [-0.3, -0.25) is 0 Å². The number of anilines is 1. The van der Waals surface area contributed by atoms with Gasteiger partial charge < -0.3 is 4.52 Å². The van der Waals surface area contributed by atoms with Crippen LogP contribution in [0, 0.1) is 6.92 Å². The van der Waals surface area contributed by atoms with Crippen molar-refractivity contribution in [3.05, 3.63) is 34.7 Å². The van der Waals surface area contributed by atoms with Crippen LogP contribution in [0.2, 0.25) is 5.02 Å². The number of benzene rings is 1. The van der Waals surface area contributed by atoms with Crippen LogP contribution >= 0.6 is 11.6 Å². The molecule has 2 rings (SSSR count). The predicted molar refractivity (Wildman–Crippen MR) is 66.3 cm³/mol. The minimum Gasteiger partial charge on any atom is -0.338 e. The van der Waals surface area contributed by atoms with E-state index in [1.54, 1.807) is 4.72 Å². The molecule has 1 N–H and O–H groups in total. The number of rotatable bonds is 3. The Bertz CT molecular complexity index is 773. The van der Waals surface area contributed by atoms with Crippen LogP contribution in [0.4, 0.5) is 19.1 Å². The third-order valence-corrected chi connectivity index (χ3v) is 3.91. The van der Waals surface area contributed by atoms with Crippen LogP contribution in [-0.2, 0) is 16.2 Å². The number of sulfonamides is 1. The van der Waals surface area contributed by atoms with Gasteiger partial charge in [0.15, 0.2) is 0 Å². The van der Waals surface area contributed by atoms with Crippen LogP contribution in [0.1, 0.15) is 11.5 Å². The second-order valence-corrected chi connectivity index (χ2v) is 5.97. The molecule has 2 aromatic rings. The lowest BCUT2D eigenvalue weighted by Gasteiger charge is -2.13. The molecule has 1 aromatic carbocycles. The van der Waals surface area contributed by atoms with E-state index in [9.17, 15) is 21.6 Å². The van der Waals surface area contributed by atoms with Crippen molar-refractivity contribution >= 4 is 27.6 Å². The molecule has 0 spiro atoms. The molecule has 0 aliphatic heterocycles. The maximum absolute atomic E-state index is 12.9. The smallest absolute Gasteiger partial charge is 0.338 e. The van der Waals surface area contributed by atoms with E-state index >= 15 is 0 Å². The average Bonchev–Trinajstić information content (AvgIpc) is 2.72. The van der Waals surface area contributed by atoms with Gasteiger partial charge >= 0.3 is 6.18 Å². The molecular weight excluding hydrogens is 335 g/mol. The van der Waals surface area contributed by atoms with Gasteiger partial charge in [-0.05, 0) is 23.4 Å². The summed E-state index contributed by atoms with van der Waals surface area (Å²) in [6.45, 7) is 1.40. The van der Waals surface area contributed by atoms with E-state index in [4.69, 9.17) is 11.6 Å². The molecule has 0 saturated carbocycles. The number of hydrogen-bond donors (Lipinski definition) is 1. The van der Waals surface area contributed by atoms with Crippen LogP contribution < -0.4 is 4.72 Å². The first-order valence-electron chi connectivity index (χ1n) is 5.29. The maximum Gasteiger partial charge on any atom is 0.417 e. The van der Waals surface area contributed by atoms with E-state index in [0.29, 0.717) is 6.07 Å². The molecule has 6 nitrogen and oxygen atoms in total. The third kappa shape index (κ3) is 3.45. The Morgan fingerprint density at radius 1 is 1.33 bits per heavy atom. The first kappa shape index (κ1) is 15.6. The highest BCUT2D eigenvalue weighted by atomic mass is 35.5. The van der Waals surface area contributed by atoms with Crippen molar-refractivity contribution in [1.82, 2.24) is 10.1 Å². The Labute approximate surface area is 122 Å². The van der Waals surface area contributed by atoms with Crippen LogP contribution in [-0.4, -0.2) is 18.6 Å². The van der Waals surface area contributed by atoms with Crippen LogP contribution in [0.15, 0.2) is 27.6 Å². The molecule has 0 saturated heterocycles. The van der Waals surface area contributed by atoms with Gasteiger partial charge in [0.1, 0.15) is 0 Å². The van der Waals surface area contributed by atoms with Crippen molar-refractivity contribution in [3.63, 3.8) is 0 Å². The lowest BCUT2D eigenvalue weighted by atomic mass is 10.2. The minimum absolute atomic E-state index is 0.0554. The summed E-state index contributed by atoms with van der Waals surface area (Å²) in [5.41, 5.74) is -1.39. The number of aryl methyl sites for hydroxylation is 1. The summed E-state index contributed by atoms with van der Waals surface area (Å²) < 4.78 is 69.1. The summed E-state index contributed by atoms with van der Waals surface area (Å²) >= 11 is 5.48. The molecule has 1 heterocycles. The lowest BCUT2D eigenvalue weighted by Crippen LogP contribution is -2.19. The van der Waals surface area contributed by atoms with Gasteiger partial charge in [0.2, 0.25) is 5.89 Å². The largest absolute Gasteiger partial charge is 0.417 e. The number of nitrogens with one attached hydrogen (secondary N) is 1. The summed E-state index contributed by atoms with van der Waals surface area (Å²) in [5, 5.41) is 3.01. The number of aromatic nitrogens is 2. The minimum atomic E-state index is -4.89. The monoisotopic (exact) mass is 341 g/mol. The normalized spacial score (nSPS) is 12.4. The zero-order chi connectivity index (χ0) is 15.8. The second kappa shape index (κ2) is 5.19. The third-order valence-electron chi connectivity index (χ3n) is 2.29. The molecule has 0 radical (unpaired) electrons. The molecule has 0 bridgehead atoms. The Morgan fingerprint density at radius 3 is 2.52 bits per heavy atom. The number of nitrogens with zero attached hydrogens (tertiary/aromatic N) is 2. The van der Waals surface area contributed by atoms with Gasteiger partial charge in [0, 0.05) is 11.9 Å². The van der Waals surface area contributed by atoms with Gasteiger partial charge in [0.05, 0.1) is 10.5 Å². The molecule has 0 unspecified atom stereocenters.